The lowest BCUT2D eigenvalue weighted by Gasteiger charge is -2.12. The first-order valence-electron chi connectivity index (χ1n) is 9.02. The number of aromatic nitrogens is 4. The average Bonchev–Trinajstić information content (AvgIpc) is 3.35. The normalized spacial score (nSPS) is 11.1. The molecule has 4 rings (SSSR count). The van der Waals surface area contributed by atoms with Crippen molar-refractivity contribution in [2.75, 3.05) is 0 Å². The summed E-state index contributed by atoms with van der Waals surface area (Å²) < 4.78 is 7.83. The molecule has 0 saturated heterocycles. The van der Waals surface area contributed by atoms with Crippen molar-refractivity contribution in [2.45, 2.75) is 30.8 Å². The standard InChI is InChI=1S/C21H19ClN4OS/c1-2-19-24-25-20(27-19)14-28-21-23-12-18(16-8-10-17(22)11-9-16)26(21)13-15-6-4-3-5-7-15/h3-12H,2,13-14H2,1H3. The zero-order chi connectivity index (χ0) is 19.3. The summed E-state index contributed by atoms with van der Waals surface area (Å²) in [5.74, 6) is 1.85. The number of rotatable bonds is 7. The maximum Gasteiger partial charge on any atom is 0.226 e. The third-order valence-corrected chi connectivity index (χ3v) is 5.51. The number of thioether (sulfide) groups is 1. The Hall–Kier alpha value is -2.57. The Morgan fingerprint density at radius 3 is 2.46 bits per heavy atom. The van der Waals surface area contributed by atoms with Crippen LogP contribution in [0.3, 0.4) is 0 Å². The van der Waals surface area contributed by atoms with Crippen molar-refractivity contribution < 1.29 is 4.42 Å². The van der Waals surface area contributed by atoms with Crippen LogP contribution in [-0.2, 0) is 18.7 Å². The predicted octanol–water partition coefficient (Wildman–Crippen LogP) is 5.49. The molecular formula is C21H19ClN4OS. The molecule has 2 aromatic heterocycles. The zero-order valence-corrected chi connectivity index (χ0v) is 17.0. The number of halogens is 1. The molecule has 2 heterocycles. The number of imidazole rings is 1. The molecule has 0 aliphatic rings. The molecule has 0 N–H and O–H groups in total. The molecule has 0 unspecified atom stereocenters. The van der Waals surface area contributed by atoms with Gasteiger partial charge in [0, 0.05) is 11.4 Å². The zero-order valence-electron chi connectivity index (χ0n) is 15.4. The lowest BCUT2D eigenvalue weighted by atomic mass is 10.1. The van der Waals surface area contributed by atoms with Crippen LogP contribution in [0.1, 0.15) is 24.3 Å². The van der Waals surface area contributed by atoms with Gasteiger partial charge in [-0.15, -0.1) is 10.2 Å². The molecule has 28 heavy (non-hydrogen) atoms. The van der Waals surface area contributed by atoms with Crippen LogP contribution in [-0.4, -0.2) is 19.7 Å². The predicted molar refractivity (Wildman–Crippen MR) is 111 cm³/mol. The van der Waals surface area contributed by atoms with Crippen LogP contribution in [0, 0.1) is 0 Å². The quantitative estimate of drug-likeness (QED) is 0.377. The number of aryl methyl sites for hydroxylation is 1. The van der Waals surface area contributed by atoms with Gasteiger partial charge in [-0.1, -0.05) is 72.8 Å². The third-order valence-electron chi connectivity index (χ3n) is 4.28. The van der Waals surface area contributed by atoms with E-state index in [0.717, 1.165) is 34.4 Å². The fourth-order valence-corrected chi connectivity index (χ4v) is 3.80. The molecule has 0 fully saturated rings. The monoisotopic (exact) mass is 410 g/mol. The van der Waals surface area contributed by atoms with E-state index < -0.39 is 0 Å². The van der Waals surface area contributed by atoms with Crippen molar-refractivity contribution in [1.82, 2.24) is 19.7 Å². The van der Waals surface area contributed by atoms with E-state index in [1.807, 2.05) is 55.6 Å². The lowest BCUT2D eigenvalue weighted by molar-refractivity contribution is 0.469. The van der Waals surface area contributed by atoms with Crippen molar-refractivity contribution in [3.63, 3.8) is 0 Å². The third kappa shape index (κ3) is 4.29. The molecule has 4 aromatic rings. The molecule has 0 atom stereocenters. The second-order valence-corrected chi connectivity index (χ2v) is 7.62. The van der Waals surface area contributed by atoms with Crippen LogP contribution in [0.5, 0.6) is 0 Å². The van der Waals surface area contributed by atoms with E-state index in [2.05, 4.69) is 31.9 Å². The number of nitrogens with zero attached hydrogens (tertiary/aromatic N) is 4. The summed E-state index contributed by atoms with van der Waals surface area (Å²) in [6.07, 6.45) is 2.64. The van der Waals surface area contributed by atoms with E-state index in [4.69, 9.17) is 16.0 Å². The number of hydrogen-bond acceptors (Lipinski definition) is 5. The minimum Gasteiger partial charge on any atom is -0.424 e. The molecule has 0 radical (unpaired) electrons. The summed E-state index contributed by atoms with van der Waals surface area (Å²) in [5.41, 5.74) is 3.33. The summed E-state index contributed by atoms with van der Waals surface area (Å²) in [5, 5.41) is 9.76. The maximum absolute atomic E-state index is 6.06. The summed E-state index contributed by atoms with van der Waals surface area (Å²) in [4.78, 5) is 4.66. The molecule has 0 aliphatic carbocycles. The summed E-state index contributed by atoms with van der Waals surface area (Å²) in [6.45, 7) is 2.72. The highest BCUT2D eigenvalue weighted by molar-refractivity contribution is 7.98. The van der Waals surface area contributed by atoms with Crippen LogP contribution in [0.25, 0.3) is 11.3 Å². The summed E-state index contributed by atoms with van der Waals surface area (Å²) in [7, 11) is 0. The first kappa shape index (κ1) is 18.8. The molecule has 142 valence electrons. The van der Waals surface area contributed by atoms with E-state index in [9.17, 15) is 0 Å². The highest BCUT2D eigenvalue weighted by atomic mass is 35.5. The van der Waals surface area contributed by atoms with Gasteiger partial charge in [-0.05, 0) is 23.3 Å². The topological polar surface area (TPSA) is 56.7 Å². The van der Waals surface area contributed by atoms with E-state index in [1.54, 1.807) is 11.8 Å². The second kappa shape index (κ2) is 8.63. The highest BCUT2D eigenvalue weighted by Gasteiger charge is 2.15. The largest absolute Gasteiger partial charge is 0.424 e. The van der Waals surface area contributed by atoms with Gasteiger partial charge >= 0.3 is 0 Å². The lowest BCUT2D eigenvalue weighted by Crippen LogP contribution is -2.04. The number of hydrogen-bond donors (Lipinski definition) is 0. The van der Waals surface area contributed by atoms with Crippen LogP contribution in [0.4, 0.5) is 0 Å². The Morgan fingerprint density at radius 1 is 1.00 bits per heavy atom. The number of benzene rings is 2. The minimum absolute atomic E-state index is 0.582. The first-order valence-corrected chi connectivity index (χ1v) is 10.4. The van der Waals surface area contributed by atoms with E-state index in [1.165, 1.54) is 5.56 Å². The van der Waals surface area contributed by atoms with E-state index >= 15 is 0 Å². The Morgan fingerprint density at radius 2 is 1.75 bits per heavy atom. The van der Waals surface area contributed by atoms with Gasteiger partial charge in [0.05, 0.1) is 24.2 Å². The van der Waals surface area contributed by atoms with Crippen molar-refractivity contribution in [1.29, 1.82) is 0 Å². The molecule has 5 nitrogen and oxygen atoms in total. The van der Waals surface area contributed by atoms with Gasteiger partial charge in [0.25, 0.3) is 0 Å². The van der Waals surface area contributed by atoms with Gasteiger partial charge in [0.2, 0.25) is 11.8 Å². The Balaban J connectivity index is 1.64. The molecule has 2 aromatic carbocycles. The van der Waals surface area contributed by atoms with Crippen LogP contribution < -0.4 is 0 Å². The SMILES string of the molecule is CCc1nnc(CSc2ncc(-c3ccc(Cl)cc3)n2Cc2ccccc2)o1. The summed E-state index contributed by atoms with van der Waals surface area (Å²) in [6, 6.07) is 18.2. The highest BCUT2D eigenvalue weighted by Crippen LogP contribution is 2.29. The fraction of sp³-hybridized carbons (Fsp3) is 0.190. The van der Waals surface area contributed by atoms with Gasteiger partial charge in [-0.25, -0.2) is 4.98 Å². The molecule has 0 spiro atoms. The maximum atomic E-state index is 6.06. The molecule has 0 bridgehead atoms. The van der Waals surface area contributed by atoms with Crippen molar-refractivity contribution in [3.05, 3.63) is 83.2 Å². The smallest absolute Gasteiger partial charge is 0.226 e. The van der Waals surface area contributed by atoms with Gasteiger partial charge in [-0.2, -0.15) is 0 Å². The van der Waals surface area contributed by atoms with Gasteiger partial charge in [0.1, 0.15) is 0 Å². The fourth-order valence-electron chi connectivity index (χ4n) is 2.86. The molecule has 0 saturated carbocycles. The first-order chi connectivity index (χ1) is 13.7. The van der Waals surface area contributed by atoms with E-state index in [0.29, 0.717) is 17.5 Å². The van der Waals surface area contributed by atoms with Gasteiger partial charge in [0.15, 0.2) is 5.16 Å². The molecule has 7 heteroatoms. The van der Waals surface area contributed by atoms with Gasteiger partial charge in [-0.3, -0.25) is 0 Å². The van der Waals surface area contributed by atoms with Crippen LogP contribution >= 0.6 is 23.4 Å². The van der Waals surface area contributed by atoms with Crippen LogP contribution in [0.2, 0.25) is 5.02 Å². The van der Waals surface area contributed by atoms with E-state index in [-0.39, 0.29) is 0 Å². The van der Waals surface area contributed by atoms with Crippen molar-refractivity contribution in [2.24, 2.45) is 0 Å². The average molecular weight is 411 g/mol. The summed E-state index contributed by atoms with van der Waals surface area (Å²) >= 11 is 7.65. The Labute approximate surface area is 172 Å². The van der Waals surface area contributed by atoms with Gasteiger partial charge < -0.3 is 8.98 Å². The molecule has 0 amide bonds. The van der Waals surface area contributed by atoms with Crippen molar-refractivity contribution in [3.8, 4) is 11.3 Å². The van der Waals surface area contributed by atoms with Crippen molar-refractivity contribution >= 4 is 23.4 Å². The molecule has 0 aliphatic heterocycles. The Kier molecular flexibility index (Phi) is 5.78. The second-order valence-electron chi connectivity index (χ2n) is 6.24. The molecular weight excluding hydrogens is 392 g/mol. The van der Waals surface area contributed by atoms with Crippen LogP contribution in [0.15, 0.2) is 70.4 Å². The minimum atomic E-state index is 0.582. The Bertz CT molecular complexity index is 1040.